The number of allylic oxidation sites excluding steroid dienone is 1. The lowest BCUT2D eigenvalue weighted by atomic mass is 9.57. The monoisotopic (exact) mass is 492 g/mol. The molecule has 36 heavy (non-hydrogen) atoms. The number of aliphatic hydroxyl groups excluding tert-OH is 2. The van der Waals surface area contributed by atoms with Crippen molar-refractivity contribution in [2.24, 2.45) is 23.5 Å². The maximum Gasteiger partial charge on any atom is 0.230 e. The lowest BCUT2D eigenvalue weighted by molar-refractivity contribution is -0.167. The van der Waals surface area contributed by atoms with Gasteiger partial charge in [0.2, 0.25) is 5.91 Å². The number of aromatic nitrogens is 1. The summed E-state index contributed by atoms with van der Waals surface area (Å²) in [5, 5.41) is 43.3. The van der Waals surface area contributed by atoms with E-state index in [1.807, 2.05) is 0 Å². The van der Waals surface area contributed by atoms with Gasteiger partial charge >= 0.3 is 0 Å². The number of primary amides is 1. The van der Waals surface area contributed by atoms with E-state index in [0.717, 1.165) is 0 Å². The Bertz CT molecular complexity index is 1350. The van der Waals surface area contributed by atoms with Gasteiger partial charge in [-0.15, -0.1) is 0 Å². The summed E-state index contributed by atoms with van der Waals surface area (Å²) in [7, 11) is 0. The number of hydrogen-bond donors (Lipinski definition) is 5. The van der Waals surface area contributed by atoms with E-state index in [0.29, 0.717) is 11.3 Å². The van der Waals surface area contributed by atoms with Gasteiger partial charge in [-0.25, -0.2) is 0 Å². The van der Waals surface area contributed by atoms with Crippen LogP contribution >= 0.6 is 0 Å². The minimum Gasteiger partial charge on any atom is -0.508 e. The molecule has 2 aromatic rings. The third-order valence-corrected chi connectivity index (χ3v) is 7.64. The Morgan fingerprint density at radius 2 is 1.86 bits per heavy atom. The largest absolute Gasteiger partial charge is 0.508 e. The number of ketones is 3. The number of benzene rings is 1. The maximum absolute atomic E-state index is 13.6. The predicted octanol–water partition coefficient (Wildman–Crippen LogP) is 0.566. The van der Waals surface area contributed by atoms with Crippen molar-refractivity contribution in [3.63, 3.8) is 0 Å². The number of carbonyl (C=O) groups excluding carboxylic acids is 4. The first-order valence-electron chi connectivity index (χ1n) is 11.6. The zero-order valence-electron chi connectivity index (χ0n) is 19.0. The molecule has 0 radical (unpaired) electrons. The third-order valence-electron chi connectivity index (χ3n) is 7.64. The number of phenols is 1. The first-order chi connectivity index (χ1) is 17.1. The molecule has 6 N–H and O–H groups in total. The summed E-state index contributed by atoms with van der Waals surface area (Å²) in [4.78, 5) is 55.7. The molecule has 1 aromatic heterocycles. The summed E-state index contributed by atoms with van der Waals surface area (Å²) in [5.41, 5.74) is 3.32. The number of carbonyl (C=O) groups is 4. The number of Topliss-reactive ketones (excluding diaryl/α,β-unsaturated/α-hetero) is 3. The standard InChI is InChI=1S/C26H24N2O8/c27-25(35)21-18(31)9-12-7-11-8-15-14(17(30)10-13-3-1-2-6-28-13)4-5-16(29)20(15)22(32)19(11)23(33)26(12,36)24(21)34/h1-6,11-12,18,21,29,31,33,36H,7-10H2,(H2,27,35)/t11-,12+,18?,21?,26+/m1/s1. The van der Waals surface area contributed by atoms with Gasteiger partial charge < -0.3 is 26.2 Å². The average molecular weight is 492 g/mol. The molecule has 5 rings (SSSR count). The number of aliphatic hydroxyl groups is 3. The van der Waals surface area contributed by atoms with Crippen LogP contribution in [0.25, 0.3) is 0 Å². The summed E-state index contributed by atoms with van der Waals surface area (Å²) >= 11 is 0. The zero-order chi connectivity index (χ0) is 25.9. The fourth-order valence-electron chi connectivity index (χ4n) is 5.95. The Kier molecular flexibility index (Phi) is 5.53. The number of amides is 1. The fraction of sp³-hybridized carbons (Fsp3) is 0.346. The molecule has 0 aliphatic heterocycles. The highest BCUT2D eigenvalue weighted by atomic mass is 16.3. The topological polar surface area (TPSA) is 188 Å². The highest BCUT2D eigenvalue weighted by Gasteiger charge is 2.62. The van der Waals surface area contributed by atoms with Crippen molar-refractivity contribution in [2.45, 2.75) is 37.4 Å². The van der Waals surface area contributed by atoms with Gasteiger partial charge in [0.1, 0.15) is 17.4 Å². The van der Waals surface area contributed by atoms with E-state index in [1.54, 1.807) is 24.4 Å². The molecule has 1 amide bonds. The van der Waals surface area contributed by atoms with Crippen molar-refractivity contribution in [2.75, 3.05) is 0 Å². The molecule has 1 aromatic carbocycles. The van der Waals surface area contributed by atoms with Crippen LogP contribution in [-0.2, 0) is 22.4 Å². The van der Waals surface area contributed by atoms with Gasteiger partial charge in [-0.2, -0.15) is 0 Å². The minimum atomic E-state index is -2.57. The van der Waals surface area contributed by atoms with Crippen molar-refractivity contribution in [3.05, 3.63) is 70.2 Å². The van der Waals surface area contributed by atoms with Gasteiger partial charge in [-0.3, -0.25) is 24.2 Å². The average Bonchev–Trinajstić information content (AvgIpc) is 2.82. The lowest BCUT2D eigenvalue weighted by Gasteiger charge is -2.48. The molecule has 10 heteroatoms. The summed E-state index contributed by atoms with van der Waals surface area (Å²) in [6.07, 6.45) is -0.00332. The molecule has 0 spiro atoms. The van der Waals surface area contributed by atoms with Crippen LogP contribution in [0.3, 0.4) is 0 Å². The molecule has 1 heterocycles. The van der Waals surface area contributed by atoms with E-state index in [-0.39, 0.29) is 48.2 Å². The van der Waals surface area contributed by atoms with Gasteiger partial charge in [0, 0.05) is 28.9 Å². The molecule has 10 nitrogen and oxygen atoms in total. The first-order valence-corrected chi connectivity index (χ1v) is 11.6. The van der Waals surface area contributed by atoms with Gasteiger partial charge in [-0.05, 0) is 55.0 Å². The van der Waals surface area contributed by atoms with E-state index in [2.05, 4.69) is 4.98 Å². The Hall–Kier alpha value is -3.89. The third kappa shape index (κ3) is 3.36. The van der Waals surface area contributed by atoms with Crippen LogP contribution in [0.1, 0.15) is 44.8 Å². The van der Waals surface area contributed by atoms with E-state index in [1.165, 1.54) is 12.1 Å². The second-order valence-electron chi connectivity index (χ2n) is 9.65. The molecule has 3 aliphatic carbocycles. The molecule has 0 bridgehead atoms. The van der Waals surface area contributed by atoms with Crippen LogP contribution < -0.4 is 5.73 Å². The second kappa shape index (κ2) is 8.35. The quantitative estimate of drug-likeness (QED) is 0.300. The number of pyridine rings is 1. The zero-order valence-corrected chi connectivity index (χ0v) is 19.0. The summed E-state index contributed by atoms with van der Waals surface area (Å²) in [6, 6.07) is 7.81. The van der Waals surface area contributed by atoms with E-state index in [4.69, 9.17) is 5.73 Å². The summed E-state index contributed by atoms with van der Waals surface area (Å²) in [5.74, 6) is -8.14. The van der Waals surface area contributed by atoms with E-state index < -0.39 is 58.4 Å². The number of nitrogens with zero attached hydrogens (tertiary/aromatic N) is 1. The maximum atomic E-state index is 13.6. The van der Waals surface area contributed by atoms with Crippen LogP contribution in [0.2, 0.25) is 0 Å². The Labute approximate surface area is 205 Å². The molecular weight excluding hydrogens is 468 g/mol. The van der Waals surface area contributed by atoms with Gasteiger partial charge in [0.15, 0.2) is 23.0 Å². The first kappa shape index (κ1) is 23.8. The number of aromatic hydroxyl groups is 1. The van der Waals surface area contributed by atoms with Crippen molar-refractivity contribution < 1.29 is 39.6 Å². The second-order valence-corrected chi connectivity index (χ2v) is 9.65. The summed E-state index contributed by atoms with van der Waals surface area (Å²) in [6.45, 7) is 0. The Morgan fingerprint density at radius 1 is 1.11 bits per heavy atom. The molecule has 1 fully saturated rings. The SMILES string of the molecule is NC(=O)C1C(=O)[C@@]2(O)C(O)=C3C(=O)c4c(O)ccc(C(=O)Cc5ccccn5)c4C[C@H]3C[C@H]2CC1O. The molecule has 3 aliphatic rings. The van der Waals surface area contributed by atoms with Crippen LogP contribution in [0.4, 0.5) is 0 Å². The smallest absolute Gasteiger partial charge is 0.230 e. The molecule has 186 valence electrons. The number of fused-ring (bicyclic) bond motifs is 3. The van der Waals surface area contributed by atoms with Crippen LogP contribution in [-0.4, -0.2) is 60.4 Å². The Morgan fingerprint density at radius 3 is 2.53 bits per heavy atom. The number of hydrogen-bond acceptors (Lipinski definition) is 9. The highest BCUT2D eigenvalue weighted by Crippen LogP contribution is 2.51. The molecule has 2 unspecified atom stereocenters. The highest BCUT2D eigenvalue weighted by molar-refractivity contribution is 6.17. The number of nitrogens with two attached hydrogens (primary N) is 1. The van der Waals surface area contributed by atoms with Crippen LogP contribution in [0.5, 0.6) is 5.75 Å². The summed E-state index contributed by atoms with van der Waals surface area (Å²) < 4.78 is 0. The van der Waals surface area contributed by atoms with Gasteiger partial charge in [0.05, 0.1) is 18.1 Å². The number of phenolic OH excluding ortho intramolecular Hbond substituents is 1. The van der Waals surface area contributed by atoms with Crippen LogP contribution in [0.15, 0.2) is 47.9 Å². The van der Waals surface area contributed by atoms with E-state index in [9.17, 15) is 39.6 Å². The number of rotatable bonds is 4. The van der Waals surface area contributed by atoms with Crippen molar-refractivity contribution in [1.82, 2.24) is 4.98 Å². The molecule has 0 saturated heterocycles. The molecule has 1 saturated carbocycles. The van der Waals surface area contributed by atoms with Gasteiger partial charge in [0.25, 0.3) is 0 Å². The van der Waals surface area contributed by atoms with Crippen molar-refractivity contribution in [1.29, 1.82) is 0 Å². The van der Waals surface area contributed by atoms with Crippen molar-refractivity contribution in [3.8, 4) is 5.75 Å². The normalized spacial score (nSPS) is 29.3. The lowest BCUT2D eigenvalue weighted by Crippen LogP contribution is -2.63. The van der Waals surface area contributed by atoms with Gasteiger partial charge in [-0.1, -0.05) is 6.07 Å². The Balaban J connectivity index is 1.59. The van der Waals surface area contributed by atoms with Crippen LogP contribution in [0, 0.1) is 17.8 Å². The molecular formula is C26H24N2O8. The van der Waals surface area contributed by atoms with E-state index >= 15 is 0 Å². The minimum absolute atomic E-state index is 0.0254. The fourth-order valence-corrected chi connectivity index (χ4v) is 5.95. The van der Waals surface area contributed by atoms with Crippen molar-refractivity contribution >= 4 is 23.3 Å². The molecule has 5 atom stereocenters. The predicted molar refractivity (Wildman–Crippen MR) is 123 cm³/mol.